The van der Waals surface area contributed by atoms with Gasteiger partial charge in [-0.25, -0.2) is 0 Å². The van der Waals surface area contributed by atoms with E-state index in [2.05, 4.69) is 17.6 Å². The number of thioether (sulfide) groups is 1. The Morgan fingerprint density at radius 2 is 2.07 bits per heavy atom. The van der Waals surface area contributed by atoms with E-state index >= 15 is 0 Å². The highest BCUT2D eigenvalue weighted by atomic mass is 32.2. The molecule has 3 fully saturated rings. The Labute approximate surface area is 171 Å². The van der Waals surface area contributed by atoms with E-state index in [1.54, 1.807) is 23.7 Å². The van der Waals surface area contributed by atoms with Crippen molar-refractivity contribution in [1.82, 2.24) is 15.5 Å². The minimum Gasteiger partial charge on any atom is -0.394 e. The molecule has 0 radical (unpaired) electrons. The molecule has 6 atom stereocenters. The van der Waals surface area contributed by atoms with E-state index in [9.17, 15) is 19.5 Å². The Balaban J connectivity index is 2.01. The minimum atomic E-state index is -0.633. The largest absolute Gasteiger partial charge is 0.394 e. The van der Waals surface area contributed by atoms with Gasteiger partial charge in [0.1, 0.15) is 6.04 Å². The summed E-state index contributed by atoms with van der Waals surface area (Å²) in [4.78, 5) is 41.1. The molecule has 0 aromatic heterocycles. The number of hydrogen-bond donors (Lipinski definition) is 3. The van der Waals surface area contributed by atoms with E-state index in [4.69, 9.17) is 0 Å². The number of carbonyl (C=O) groups is 3. The van der Waals surface area contributed by atoms with Crippen molar-refractivity contribution >= 4 is 29.5 Å². The number of fused-ring (bicyclic) bond motifs is 1. The van der Waals surface area contributed by atoms with Gasteiger partial charge in [-0.15, -0.1) is 11.8 Å². The Morgan fingerprint density at radius 3 is 2.64 bits per heavy atom. The maximum absolute atomic E-state index is 13.6. The Hall–Kier alpha value is -1.28. The lowest BCUT2D eigenvalue weighted by Gasteiger charge is -2.38. The van der Waals surface area contributed by atoms with Crippen LogP contribution in [0.4, 0.5) is 0 Å². The van der Waals surface area contributed by atoms with Crippen LogP contribution in [0.2, 0.25) is 0 Å². The van der Waals surface area contributed by atoms with Crippen molar-refractivity contribution in [3.05, 3.63) is 0 Å². The van der Waals surface area contributed by atoms with Crippen LogP contribution >= 0.6 is 11.8 Å². The van der Waals surface area contributed by atoms with Crippen LogP contribution in [0.3, 0.4) is 0 Å². The van der Waals surface area contributed by atoms with Gasteiger partial charge in [-0.05, 0) is 25.2 Å². The predicted molar refractivity (Wildman–Crippen MR) is 109 cm³/mol. The molecule has 158 valence electrons. The Bertz CT molecular complexity index is 643. The van der Waals surface area contributed by atoms with Gasteiger partial charge in [0.05, 0.1) is 29.2 Å². The van der Waals surface area contributed by atoms with Gasteiger partial charge < -0.3 is 20.6 Å². The zero-order valence-electron chi connectivity index (χ0n) is 17.2. The van der Waals surface area contributed by atoms with E-state index < -0.39 is 28.7 Å². The van der Waals surface area contributed by atoms with Crippen LogP contribution in [0.1, 0.15) is 46.5 Å². The summed E-state index contributed by atoms with van der Waals surface area (Å²) in [7, 11) is 1.60. The predicted octanol–water partition coefficient (Wildman–Crippen LogP) is 0.757. The summed E-state index contributed by atoms with van der Waals surface area (Å²) in [6, 6.07) is -1.06. The van der Waals surface area contributed by atoms with E-state index in [1.807, 2.05) is 13.8 Å². The van der Waals surface area contributed by atoms with Gasteiger partial charge in [0.25, 0.3) is 0 Å². The summed E-state index contributed by atoms with van der Waals surface area (Å²) >= 11 is 1.66. The zero-order chi connectivity index (χ0) is 20.6. The molecule has 3 N–H and O–H groups in total. The van der Waals surface area contributed by atoms with E-state index in [0.29, 0.717) is 6.54 Å². The molecule has 8 heteroatoms. The second kappa shape index (κ2) is 8.22. The van der Waals surface area contributed by atoms with Crippen molar-refractivity contribution in [2.45, 2.75) is 68.5 Å². The molecule has 0 aliphatic carbocycles. The number of amides is 3. The number of nitrogens with one attached hydrogen (secondary N) is 2. The first-order valence-electron chi connectivity index (χ1n) is 10.4. The minimum absolute atomic E-state index is 0.00997. The van der Waals surface area contributed by atoms with E-state index in [1.165, 1.54) is 0 Å². The average Bonchev–Trinajstić information content (AvgIpc) is 3.30. The van der Waals surface area contributed by atoms with Gasteiger partial charge >= 0.3 is 0 Å². The highest BCUT2D eigenvalue weighted by Crippen LogP contribution is 2.66. The topological polar surface area (TPSA) is 98.7 Å². The molecule has 3 aliphatic rings. The second-order valence-electron chi connectivity index (χ2n) is 8.55. The maximum atomic E-state index is 13.6. The van der Waals surface area contributed by atoms with Crippen LogP contribution in [0.5, 0.6) is 0 Å². The standard InChI is InChI=1S/C20H33N3O4S/c1-5-6-9-22-18(26)16-20-8-7-13(28-20)14(17(25)21-4)15(20)19(27)23(16)12(10-24)11(2)3/h11-16,24H,5-10H2,1-4H3,(H,21,25)(H,22,26)/t12-,13-,14+,15-,16?,20?/m0/s1. The number of unbranched alkanes of at least 4 members (excludes halogenated alkanes) is 1. The smallest absolute Gasteiger partial charge is 0.244 e. The van der Waals surface area contributed by atoms with Crippen LogP contribution in [0, 0.1) is 17.8 Å². The van der Waals surface area contributed by atoms with Gasteiger partial charge in [0.2, 0.25) is 17.7 Å². The normalized spacial score (nSPS) is 34.6. The van der Waals surface area contributed by atoms with Crippen molar-refractivity contribution in [2.75, 3.05) is 20.2 Å². The Morgan fingerprint density at radius 1 is 1.36 bits per heavy atom. The molecule has 1 spiro atoms. The van der Waals surface area contributed by atoms with E-state index in [0.717, 1.165) is 25.7 Å². The Kier molecular flexibility index (Phi) is 6.29. The lowest BCUT2D eigenvalue weighted by atomic mass is 9.71. The van der Waals surface area contributed by atoms with Crippen molar-refractivity contribution in [1.29, 1.82) is 0 Å². The van der Waals surface area contributed by atoms with Gasteiger partial charge in [0, 0.05) is 18.8 Å². The first-order chi connectivity index (χ1) is 13.3. The monoisotopic (exact) mass is 411 g/mol. The van der Waals surface area contributed by atoms with Gasteiger partial charge in [-0.1, -0.05) is 27.2 Å². The molecule has 0 aromatic rings. The fraction of sp³-hybridized carbons (Fsp3) is 0.850. The zero-order valence-corrected chi connectivity index (χ0v) is 18.1. The van der Waals surface area contributed by atoms with Crippen molar-refractivity contribution in [2.24, 2.45) is 17.8 Å². The average molecular weight is 412 g/mol. The number of nitrogens with zero attached hydrogens (tertiary/aromatic N) is 1. The first kappa shape index (κ1) is 21.4. The third kappa shape index (κ3) is 3.12. The molecule has 3 aliphatic heterocycles. The van der Waals surface area contributed by atoms with Crippen molar-refractivity contribution in [3.8, 4) is 0 Å². The molecular weight excluding hydrogens is 378 g/mol. The fourth-order valence-corrected chi connectivity index (χ4v) is 7.53. The van der Waals surface area contributed by atoms with E-state index in [-0.39, 0.29) is 35.5 Å². The maximum Gasteiger partial charge on any atom is 0.244 e. The summed E-state index contributed by atoms with van der Waals surface area (Å²) in [6.45, 7) is 6.35. The number of aliphatic hydroxyl groups is 1. The van der Waals surface area contributed by atoms with Crippen LogP contribution in [0.25, 0.3) is 0 Å². The number of likely N-dealkylation sites (tertiary alicyclic amines) is 1. The van der Waals surface area contributed by atoms with Crippen LogP contribution < -0.4 is 10.6 Å². The highest BCUT2D eigenvalue weighted by molar-refractivity contribution is 8.02. The molecule has 7 nitrogen and oxygen atoms in total. The number of carbonyl (C=O) groups excluding carboxylic acids is 3. The van der Waals surface area contributed by atoms with Crippen molar-refractivity contribution < 1.29 is 19.5 Å². The molecule has 0 saturated carbocycles. The fourth-order valence-electron chi connectivity index (χ4n) is 5.32. The first-order valence-corrected chi connectivity index (χ1v) is 11.3. The van der Waals surface area contributed by atoms with Gasteiger partial charge in [-0.3, -0.25) is 14.4 Å². The lowest BCUT2D eigenvalue weighted by Crippen LogP contribution is -2.57. The summed E-state index contributed by atoms with van der Waals surface area (Å²) < 4.78 is -0.572. The molecule has 3 heterocycles. The van der Waals surface area contributed by atoms with Crippen LogP contribution in [0.15, 0.2) is 0 Å². The SMILES string of the molecule is CCCCNC(=O)C1N([C@@H](CO)C(C)C)C(=O)[C@@H]2[C@H](C(=O)NC)[C@@H]3CCC12S3. The summed E-state index contributed by atoms with van der Waals surface area (Å²) in [5.74, 6) is -1.30. The molecule has 3 rings (SSSR count). The molecular formula is C20H33N3O4S. The second-order valence-corrected chi connectivity index (χ2v) is 10.2. The number of rotatable bonds is 8. The summed E-state index contributed by atoms with van der Waals surface area (Å²) in [6.07, 6.45) is 3.45. The summed E-state index contributed by atoms with van der Waals surface area (Å²) in [5.41, 5.74) is 0. The van der Waals surface area contributed by atoms with Crippen LogP contribution in [-0.4, -0.2) is 70.0 Å². The number of aliphatic hydroxyl groups excluding tert-OH is 1. The number of hydrogen-bond acceptors (Lipinski definition) is 5. The molecule has 0 aromatic carbocycles. The lowest BCUT2D eigenvalue weighted by molar-refractivity contribution is -0.143. The van der Waals surface area contributed by atoms with Gasteiger partial charge in [-0.2, -0.15) is 0 Å². The third-order valence-electron chi connectivity index (χ3n) is 6.68. The van der Waals surface area contributed by atoms with Crippen LogP contribution in [-0.2, 0) is 14.4 Å². The third-order valence-corrected chi connectivity index (χ3v) is 8.63. The molecule has 2 unspecified atom stereocenters. The molecule has 3 saturated heterocycles. The quantitative estimate of drug-likeness (QED) is 0.512. The van der Waals surface area contributed by atoms with Gasteiger partial charge in [0.15, 0.2) is 0 Å². The highest BCUT2D eigenvalue weighted by Gasteiger charge is 2.74. The molecule has 2 bridgehead atoms. The molecule has 3 amide bonds. The summed E-state index contributed by atoms with van der Waals surface area (Å²) in [5, 5.41) is 15.8. The van der Waals surface area contributed by atoms with Crippen molar-refractivity contribution in [3.63, 3.8) is 0 Å². The molecule has 28 heavy (non-hydrogen) atoms.